The molecule has 4 aliphatic heterocycles. The number of nitrogens with zero attached hydrogens (tertiary/aromatic N) is 1. The van der Waals surface area contributed by atoms with Crippen LogP contribution >= 0.6 is 0 Å². The highest BCUT2D eigenvalue weighted by Gasteiger charge is 2.78. The Balaban J connectivity index is 1.02. The number of ether oxygens (including phenoxy) is 4. The van der Waals surface area contributed by atoms with E-state index in [4.69, 9.17) is 23.8 Å². The zero-order valence-electron chi connectivity index (χ0n) is 28.3. The molecule has 4 heterocycles. The average Bonchev–Trinajstić information content (AvgIpc) is 4.00. The molecule has 2 bridgehead atoms. The zero-order chi connectivity index (χ0) is 34.4. The Kier molecular flexibility index (Phi) is 8.14. The lowest BCUT2D eigenvalue weighted by Crippen LogP contribution is -2.71. The minimum Gasteiger partial charge on any atom is -0.458 e. The highest BCUT2D eigenvalue weighted by atomic mass is 16.8. The van der Waals surface area contributed by atoms with Crippen molar-refractivity contribution in [3.05, 3.63) is 41.5 Å². The molecule has 2 amide bonds. The van der Waals surface area contributed by atoms with Gasteiger partial charge >= 0.3 is 5.97 Å². The summed E-state index contributed by atoms with van der Waals surface area (Å²) in [5, 5.41) is 26.7. The molecular weight excluding hydrogens is 646 g/mol. The maximum absolute atomic E-state index is 14.7. The van der Waals surface area contributed by atoms with Gasteiger partial charge in [-0.3, -0.25) is 19.2 Å². The SMILES string of the molecule is C[C@H](O)[C@@H](NC(=O)[C@@]12C[C@H]3OC(=O)[C@@H]1N(Cc1cccc(C=CC4CCC5OC5C4)c1)O[C@@H]2[C@H]1OC(C2CC2)(C2CC2)O[C@H]13)C(=O)NCCO. The van der Waals surface area contributed by atoms with E-state index in [1.807, 2.05) is 18.2 Å². The molecule has 270 valence electrons. The largest absolute Gasteiger partial charge is 0.458 e. The van der Waals surface area contributed by atoms with Gasteiger partial charge in [-0.05, 0) is 68.9 Å². The van der Waals surface area contributed by atoms with E-state index in [0.29, 0.717) is 18.1 Å². The molecule has 4 N–H and O–H groups in total. The molecule has 11 atom stereocenters. The number of epoxide rings is 1. The average molecular weight is 694 g/mol. The molecule has 0 spiro atoms. The number of carbonyl (C=O) groups is 3. The summed E-state index contributed by atoms with van der Waals surface area (Å²) in [7, 11) is 0. The van der Waals surface area contributed by atoms with Crippen LogP contribution in [-0.4, -0.2) is 107 Å². The highest BCUT2D eigenvalue weighted by molar-refractivity contribution is 5.96. The minimum absolute atomic E-state index is 0.0384. The summed E-state index contributed by atoms with van der Waals surface area (Å²) >= 11 is 0. The fourth-order valence-corrected chi connectivity index (χ4v) is 9.47. The molecule has 0 aromatic heterocycles. The number of benzene rings is 1. The molecule has 1 aromatic carbocycles. The summed E-state index contributed by atoms with van der Waals surface area (Å²) in [6.45, 7) is 1.27. The first-order valence-electron chi connectivity index (χ1n) is 18.5. The first-order valence-corrected chi connectivity index (χ1v) is 18.5. The predicted molar refractivity (Wildman–Crippen MR) is 174 cm³/mol. The molecule has 4 saturated heterocycles. The third-order valence-corrected chi connectivity index (χ3v) is 12.3. The number of amides is 2. The fraction of sp³-hybridized carbons (Fsp3) is 0.703. The monoisotopic (exact) mass is 693 g/mol. The van der Waals surface area contributed by atoms with Crippen molar-refractivity contribution in [3.8, 4) is 0 Å². The Bertz CT molecular complexity index is 1550. The van der Waals surface area contributed by atoms with Crippen LogP contribution in [0.5, 0.6) is 0 Å². The Morgan fingerprint density at radius 1 is 1.06 bits per heavy atom. The molecule has 1 aromatic rings. The van der Waals surface area contributed by atoms with E-state index in [1.54, 1.807) is 5.06 Å². The van der Waals surface area contributed by atoms with E-state index in [0.717, 1.165) is 56.1 Å². The number of hydroxylamine groups is 2. The summed E-state index contributed by atoms with van der Waals surface area (Å²) in [5.74, 6) is -1.66. The summed E-state index contributed by atoms with van der Waals surface area (Å²) in [6.07, 6.45) is 8.42. The van der Waals surface area contributed by atoms with Gasteiger partial charge in [0, 0.05) is 24.8 Å². The van der Waals surface area contributed by atoms with Crippen molar-refractivity contribution in [1.29, 1.82) is 0 Å². The second-order valence-corrected chi connectivity index (χ2v) is 15.8. The van der Waals surface area contributed by atoms with Crippen LogP contribution in [0.15, 0.2) is 30.3 Å². The van der Waals surface area contributed by atoms with Gasteiger partial charge in [-0.2, -0.15) is 5.06 Å². The standard InChI is InChI=1S/C37H47N3O10/c1-19(42)28(33(43)38-13-14-41)39-35(45)36-17-27-29-30(49-37(48-29,23-8-9-23)24-10-11-24)32(36)50-40(31(36)34(44)47-27)18-22-4-2-3-20(15-22)5-6-21-7-12-25-26(16-21)46-25/h2-6,15,19,21,23-32,41-42H,7-14,16-18H2,1H3,(H,38,43)(H,39,45)/t19-,21?,25?,26?,27+,28+,29-,30-,31-,32+,36-/m0/s1. The van der Waals surface area contributed by atoms with E-state index in [9.17, 15) is 24.6 Å². The van der Waals surface area contributed by atoms with Crippen LogP contribution in [0.25, 0.3) is 6.08 Å². The Morgan fingerprint density at radius 3 is 2.56 bits per heavy atom. The highest BCUT2D eigenvalue weighted by Crippen LogP contribution is 2.63. The predicted octanol–water partition coefficient (Wildman–Crippen LogP) is 1.34. The number of aliphatic hydroxyl groups excluding tert-OH is 2. The normalized spacial score (nSPS) is 39.3. The van der Waals surface area contributed by atoms with Crippen molar-refractivity contribution in [2.24, 2.45) is 23.2 Å². The molecule has 8 aliphatic rings. The molecule has 4 saturated carbocycles. The van der Waals surface area contributed by atoms with E-state index in [2.05, 4.69) is 28.9 Å². The van der Waals surface area contributed by atoms with Crippen molar-refractivity contribution < 1.29 is 48.4 Å². The van der Waals surface area contributed by atoms with Crippen LogP contribution in [-0.2, 0) is 44.7 Å². The number of nitrogens with one attached hydrogen (secondary N) is 2. The molecule has 4 aliphatic carbocycles. The van der Waals surface area contributed by atoms with Crippen molar-refractivity contribution >= 4 is 23.9 Å². The lowest BCUT2D eigenvalue weighted by Gasteiger charge is -2.49. The number of carbonyl (C=O) groups excluding carboxylic acids is 3. The third kappa shape index (κ3) is 5.51. The number of aliphatic hydroxyl groups is 2. The van der Waals surface area contributed by atoms with Crippen molar-refractivity contribution in [3.63, 3.8) is 0 Å². The van der Waals surface area contributed by atoms with Gasteiger partial charge in [-0.15, -0.1) is 0 Å². The Labute approximate surface area is 290 Å². The number of fused-ring (bicyclic) bond motifs is 5. The number of allylic oxidation sites excluding steroid dienone is 1. The second-order valence-electron chi connectivity index (χ2n) is 15.8. The lowest BCUT2D eigenvalue weighted by atomic mass is 9.62. The van der Waals surface area contributed by atoms with Gasteiger partial charge in [0.05, 0.1) is 31.5 Å². The Hall–Kier alpha value is -2.91. The van der Waals surface area contributed by atoms with Crippen molar-refractivity contribution in [1.82, 2.24) is 15.7 Å². The van der Waals surface area contributed by atoms with Crippen LogP contribution in [0.2, 0.25) is 0 Å². The van der Waals surface area contributed by atoms with Crippen LogP contribution < -0.4 is 10.6 Å². The van der Waals surface area contributed by atoms with Gasteiger partial charge in [0.25, 0.3) is 0 Å². The number of esters is 1. The van der Waals surface area contributed by atoms with Crippen LogP contribution in [0, 0.1) is 23.2 Å². The quantitative estimate of drug-likeness (QED) is 0.184. The molecular formula is C37H47N3O10. The summed E-state index contributed by atoms with van der Waals surface area (Å²) < 4.78 is 25.5. The molecule has 13 nitrogen and oxygen atoms in total. The van der Waals surface area contributed by atoms with Crippen LogP contribution in [0.4, 0.5) is 0 Å². The van der Waals surface area contributed by atoms with Crippen LogP contribution in [0.1, 0.15) is 69.4 Å². The van der Waals surface area contributed by atoms with Gasteiger partial charge in [0.2, 0.25) is 11.8 Å². The molecule has 3 unspecified atom stereocenters. The van der Waals surface area contributed by atoms with E-state index < -0.39 is 71.6 Å². The fourth-order valence-electron chi connectivity index (χ4n) is 9.47. The van der Waals surface area contributed by atoms with E-state index in [-0.39, 0.29) is 38.0 Å². The first-order chi connectivity index (χ1) is 24.2. The van der Waals surface area contributed by atoms with Gasteiger partial charge in [0.1, 0.15) is 35.9 Å². The molecule has 50 heavy (non-hydrogen) atoms. The third-order valence-electron chi connectivity index (χ3n) is 12.3. The first kappa shape index (κ1) is 33.0. The molecule has 9 rings (SSSR count). The maximum Gasteiger partial charge on any atom is 0.327 e. The van der Waals surface area contributed by atoms with Crippen molar-refractivity contribution in [2.75, 3.05) is 13.2 Å². The van der Waals surface area contributed by atoms with Gasteiger partial charge < -0.3 is 39.8 Å². The van der Waals surface area contributed by atoms with E-state index in [1.165, 1.54) is 6.92 Å². The molecule has 8 fully saturated rings. The smallest absolute Gasteiger partial charge is 0.327 e. The number of hydrogen-bond acceptors (Lipinski definition) is 11. The minimum atomic E-state index is -1.49. The second kappa shape index (κ2) is 12.4. The molecule has 0 radical (unpaired) electrons. The van der Waals surface area contributed by atoms with Crippen LogP contribution in [0.3, 0.4) is 0 Å². The Morgan fingerprint density at radius 2 is 1.84 bits per heavy atom. The summed E-state index contributed by atoms with van der Waals surface area (Å²) in [5.41, 5.74) is 0.428. The molecule has 13 heteroatoms. The van der Waals surface area contributed by atoms with Gasteiger partial charge in [-0.1, -0.05) is 36.4 Å². The lowest BCUT2D eigenvalue weighted by molar-refractivity contribution is -0.235. The van der Waals surface area contributed by atoms with E-state index >= 15 is 0 Å². The summed E-state index contributed by atoms with van der Waals surface area (Å²) in [6, 6.07) is 5.58. The summed E-state index contributed by atoms with van der Waals surface area (Å²) in [4.78, 5) is 48.5. The maximum atomic E-state index is 14.7. The number of rotatable bonds is 12. The topological polar surface area (TPSA) is 168 Å². The number of hydrogen-bond donors (Lipinski definition) is 4. The van der Waals surface area contributed by atoms with Gasteiger partial charge in [0.15, 0.2) is 11.8 Å². The van der Waals surface area contributed by atoms with Gasteiger partial charge in [-0.25, -0.2) is 0 Å². The zero-order valence-corrected chi connectivity index (χ0v) is 28.3. The van der Waals surface area contributed by atoms with Crippen molar-refractivity contribution in [2.45, 2.75) is 125 Å².